The number of carboxylic acids is 1. The maximum atomic E-state index is 13.0. The van der Waals surface area contributed by atoms with Crippen molar-refractivity contribution in [3.8, 4) is 0 Å². The predicted molar refractivity (Wildman–Crippen MR) is 49.8 cm³/mol. The number of carboxylic acid groups (broad SMARTS) is 1. The average Bonchev–Trinajstić information content (AvgIpc) is 2.18. The molecule has 0 heterocycles. The van der Waals surface area contributed by atoms with Gasteiger partial charge in [0, 0.05) is 5.56 Å². The van der Waals surface area contributed by atoms with Crippen LogP contribution in [0.1, 0.15) is 15.9 Å². The number of benzene rings is 1. The first kappa shape index (κ1) is 11.8. The Morgan fingerprint density at radius 2 is 2.19 bits per heavy atom. The van der Waals surface area contributed by atoms with Crippen LogP contribution in [0.25, 0.3) is 0 Å². The Hall–Kier alpha value is -2.31. The normalized spacial score (nSPS) is 9.81. The molecule has 0 spiro atoms. The largest absolute Gasteiger partial charge is 0.481 e. The van der Waals surface area contributed by atoms with Crippen molar-refractivity contribution in [2.75, 3.05) is 0 Å². The van der Waals surface area contributed by atoms with Crippen LogP contribution in [0.4, 0.5) is 10.1 Å². The van der Waals surface area contributed by atoms with E-state index in [0.29, 0.717) is 0 Å². The van der Waals surface area contributed by atoms with Gasteiger partial charge in [-0.1, -0.05) is 0 Å². The molecule has 7 heteroatoms. The third-order valence-corrected chi connectivity index (χ3v) is 1.89. The zero-order chi connectivity index (χ0) is 12.3. The highest BCUT2D eigenvalue weighted by Gasteiger charge is 2.24. The summed E-state index contributed by atoms with van der Waals surface area (Å²) < 4.78 is 13.0. The van der Waals surface area contributed by atoms with Gasteiger partial charge in [0.15, 0.2) is 6.29 Å². The lowest BCUT2D eigenvalue weighted by atomic mass is 10.0. The number of nitro benzene ring substituents is 1. The summed E-state index contributed by atoms with van der Waals surface area (Å²) in [5.41, 5.74) is -1.73. The topological polar surface area (TPSA) is 97.5 Å². The molecular weight excluding hydrogens is 221 g/mol. The van der Waals surface area contributed by atoms with Crippen LogP contribution in [0.2, 0.25) is 0 Å². The Labute approximate surface area is 88.5 Å². The highest BCUT2D eigenvalue weighted by molar-refractivity contribution is 5.84. The third-order valence-electron chi connectivity index (χ3n) is 1.89. The van der Waals surface area contributed by atoms with Crippen LogP contribution in [0.15, 0.2) is 12.1 Å². The third kappa shape index (κ3) is 2.19. The van der Waals surface area contributed by atoms with Crippen molar-refractivity contribution < 1.29 is 24.0 Å². The van der Waals surface area contributed by atoms with Crippen molar-refractivity contribution in [3.63, 3.8) is 0 Å². The van der Waals surface area contributed by atoms with Crippen LogP contribution in [0, 0.1) is 15.9 Å². The van der Waals surface area contributed by atoms with E-state index >= 15 is 0 Å². The Morgan fingerprint density at radius 3 is 2.62 bits per heavy atom. The van der Waals surface area contributed by atoms with Gasteiger partial charge < -0.3 is 5.11 Å². The van der Waals surface area contributed by atoms with Crippen molar-refractivity contribution in [2.45, 2.75) is 6.42 Å². The maximum Gasteiger partial charge on any atom is 0.308 e. The second-order valence-electron chi connectivity index (χ2n) is 2.91. The van der Waals surface area contributed by atoms with Crippen molar-refractivity contribution in [2.24, 2.45) is 0 Å². The monoisotopic (exact) mass is 227 g/mol. The Morgan fingerprint density at radius 1 is 1.56 bits per heavy atom. The van der Waals surface area contributed by atoms with E-state index in [2.05, 4.69) is 0 Å². The molecular formula is C9H6FNO5. The minimum absolute atomic E-state index is 0.00117. The Bertz CT molecular complexity index is 471. The number of hydrogen-bond acceptors (Lipinski definition) is 4. The summed E-state index contributed by atoms with van der Waals surface area (Å²) >= 11 is 0. The van der Waals surface area contributed by atoms with Gasteiger partial charge in [0.05, 0.1) is 11.3 Å². The molecule has 0 aliphatic rings. The predicted octanol–water partition coefficient (Wildman–Crippen LogP) is 1.17. The van der Waals surface area contributed by atoms with E-state index in [4.69, 9.17) is 5.11 Å². The number of carbonyl (C=O) groups is 2. The van der Waals surface area contributed by atoms with Gasteiger partial charge in [-0.2, -0.15) is 0 Å². The molecule has 1 aromatic rings. The quantitative estimate of drug-likeness (QED) is 0.473. The molecule has 0 aromatic heterocycles. The second-order valence-corrected chi connectivity index (χ2v) is 2.91. The molecule has 1 aromatic carbocycles. The summed E-state index contributed by atoms with van der Waals surface area (Å²) in [6.45, 7) is 0. The van der Waals surface area contributed by atoms with Crippen LogP contribution in [0.3, 0.4) is 0 Å². The molecule has 6 nitrogen and oxygen atoms in total. The lowest BCUT2D eigenvalue weighted by Crippen LogP contribution is -2.07. The van der Waals surface area contributed by atoms with Gasteiger partial charge in [-0.25, -0.2) is 4.39 Å². The van der Waals surface area contributed by atoms with E-state index in [1.54, 1.807) is 0 Å². The first-order valence-corrected chi connectivity index (χ1v) is 4.10. The van der Waals surface area contributed by atoms with E-state index < -0.39 is 34.4 Å². The van der Waals surface area contributed by atoms with Gasteiger partial charge in [-0.05, 0) is 12.1 Å². The molecule has 0 radical (unpaired) electrons. The summed E-state index contributed by atoms with van der Waals surface area (Å²) in [4.78, 5) is 30.6. The molecule has 0 amide bonds. The van der Waals surface area contributed by atoms with Crippen molar-refractivity contribution >= 4 is 17.9 Å². The number of aliphatic carboxylic acids is 1. The fourth-order valence-electron chi connectivity index (χ4n) is 1.26. The van der Waals surface area contributed by atoms with Gasteiger partial charge in [-0.15, -0.1) is 0 Å². The zero-order valence-electron chi connectivity index (χ0n) is 7.84. The lowest BCUT2D eigenvalue weighted by molar-refractivity contribution is -0.385. The van der Waals surface area contributed by atoms with Gasteiger partial charge in [0.25, 0.3) is 5.69 Å². The van der Waals surface area contributed by atoms with Crippen molar-refractivity contribution in [1.82, 2.24) is 0 Å². The van der Waals surface area contributed by atoms with E-state index in [9.17, 15) is 24.1 Å². The van der Waals surface area contributed by atoms with E-state index in [1.165, 1.54) is 0 Å². The summed E-state index contributed by atoms with van der Waals surface area (Å²) in [6.07, 6.45) is -0.643. The van der Waals surface area contributed by atoms with Crippen LogP contribution >= 0.6 is 0 Å². The summed E-state index contributed by atoms with van der Waals surface area (Å²) in [5, 5.41) is 19.1. The SMILES string of the molecule is O=Cc1c(F)ccc(CC(=O)O)c1[N+](=O)[O-]. The van der Waals surface area contributed by atoms with Crippen LogP contribution in [-0.4, -0.2) is 22.3 Å². The molecule has 16 heavy (non-hydrogen) atoms. The number of rotatable bonds is 4. The molecule has 1 rings (SSSR count). The minimum Gasteiger partial charge on any atom is -0.481 e. The average molecular weight is 227 g/mol. The van der Waals surface area contributed by atoms with Gasteiger partial charge >= 0.3 is 5.97 Å². The molecule has 0 unspecified atom stereocenters. The number of nitrogens with zero attached hydrogens (tertiary/aromatic N) is 1. The molecule has 0 fully saturated rings. The highest BCUT2D eigenvalue weighted by Crippen LogP contribution is 2.25. The van der Waals surface area contributed by atoms with Gasteiger partial charge in [0.1, 0.15) is 11.4 Å². The Kier molecular flexibility index (Phi) is 3.29. The molecule has 0 bridgehead atoms. The van der Waals surface area contributed by atoms with E-state index in [0.717, 1.165) is 12.1 Å². The van der Waals surface area contributed by atoms with Crippen LogP contribution in [-0.2, 0) is 11.2 Å². The van der Waals surface area contributed by atoms with Gasteiger partial charge in [0.2, 0.25) is 0 Å². The molecule has 1 N–H and O–H groups in total. The molecule has 0 atom stereocenters. The second kappa shape index (κ2) is 4.47. The maximum absolute atomic E-state index is 13.0. The summed E-state index contributed by atoms with van der Waals surface area (Å²) in [7, 11) is 0. The standard InChI is InChI=1S/C9H6FNO5/c10-7-2-1-5(3-8(13)14)9(11(15)16)6(7)4-12/h1-2,4H,3H2,(H,13,14). The summed E-state index contributed by atoms with van der Waals surface area (Å²) in [6, 6.07) is 1.81. The molecule has 0 saturated carbocycles. The van der Waals surface area contributed by atoms with Crippen molar-refractivity contribution in [3.05, 3.63) is 39.2 Å². The number of carbonyl (C=O) groups excluding carboxylic acids is 1. The zero-order valence-corrected chi connectivity index (χ0v) is 7.84. The summed E-state index contributed by atoms with van der Waals surface area (Å²) in [5.74, 6) is -2.35. The lowest BCUT2D eigenvalue weighted by Gasteiger charge is -2.03. The first-order valence-electron chi connectivity index (χ1n) is 4.10. The fourth-order valence-corrected chi connectivity index (χ4v) is 1.26. The fraction of sp³-hybridized carbons (Fsp3) is 0.111. The smallest absolute Gasteiger partial charge is 0.308 e. The van der Waals surface area contributed by atoms with Crippen molar-refractivity contribution in [1.29, 1.82) is 0 Å². The Balaban J connectivity index is 3.44. The first-order chi connectivity index (χ1) is 7.47. The molecule has 0 saturated heterocycles. The van der Waals surface area contributed by atoms with Gasteiger partial charge in [-0.3, -0.25) is 19.7 Å². The number of nitro groups is 1. The number of aldehydes is 1. The van der Waals surface area contributed by atoms with Crippen LogP contribution in [0.5, 0.6) is 0 Å². The highest BCUT2D eigenvalue weighted by atomic mass is 19.1. The minimum atomic E-state index is -1.30. The van der Waals surface area contributed by atoms with E-state index in [-0.39, 0.29) is 11.8 Å². The van der Waals surface area contributed by atoms with E-state index in [1.807, 2.05) is 0 Å². The van der Waals surface area contributed by atoms with Crippen LogP contribution < -0.4 is 0 Å². The number of hydrogen-bond donors (Lipinski definition) is 1. The molecule has 0 aliphatic carbocycles. The number of halogens is 1. The molecule has 84 valence electrons. The molecule has 0 aliphatic heterocycles.